The van der Waals surface area contributed by atoms with E-state index in [0.29, 0.717) is 42.1 Å². The highest BCUT2D eigenvalue weighted by Crippen LogP contribution is 2.27. The number of thioether (sulfide) groups is 1. The van der Waals surface area contributed by atoms with Crippen molar-refractivity contribution in [3.8, 4) is 11.5 Å². The van der Waals surface area contributed by atoms with E-state index in [1.165, 1.54) is 11.8 Å². The standard InChI is InChI=1S/C20H29N3O4S/c1-13(2)7-9-22-20-23-19(25)17(28-20)12-18(24)21-10-8-14-5-6-15(26-3)16(11-14)27-4/h5-6,11,13,17H,7-10,12H2,1-4H3,(H,21,24)(H,22,23,25)/t17-/m0/s1. The van der Waals surface area contributed by atoms with Crippen molar-refractivity contribution in [3.05, 3.63) is 23.8 Å². The number of aliphatic imine (C=N–C) groups is 1. The first-order valence-corrected chi connectivity index (χ1v) is 10.3. The molecule has 0 spiro atoms. The van der Waals surface area contributed by atoms with Gasteiger partial charge in [0, 0.05) is 19.5 Å². The SMILES string of the molecule is COc1ccc(CCNC(=O)C[C@@H]2SC(=NCCC(C)C)NC2=O)cc1OC. The maximum Gasteiger partial charge on any atom is 0.240 e. The number of nitrogens with one attached hydrogen (secondary N) is 2. The fraction of sp³-hybridized carbons (Fsp3) is 0.550. The van der Waals surface area contributed by atoms with Gasteiger partial charge in [-0.1, -0.05) is 31.7 Å². The van der Waals surface area contributed by atoms with Gasteiger partial charge in [-0.15, -0.1) is 0 Å². The molecule has 1 aliphatic rings. The van der Waals surface area contributed by atoms with Crippen LogP contribution in [-0.2, 0) is 16.0 Å². The van der Waals surface area contributed by atoms with Gasteiger partial charge in [0.05, 0.1) is 14.2 Å². The van der Waals surface area contributed by atoms with E-state index in [1.807, 2.05) is 18.2 Å². The molecule has 0 radical (unpaired) electrons. The van der Waals surface area contributed by atoms with Gasteiger partial charge in [-0.25, -0.2) is 0 Å². The number of benzene rings is 1. The maximum absolute atomic E-state index is 12.2. The van der Waals surface area contributed by atoms with Crippen LogP contribution in [0.25, 0.3) is 0 Å². The normalized spacial score (nSPS) is 17.7. The number of hydrogen-bond donors (Lipinski definition) is 2. The zero-order valence-corrected chi connectivity index (χ0v) is 17.7. The van der Waals surface area contributed by atoms with E-state index >= 15 is 0 Å². The number of amidine groups is 1. The molecule has 1 aliphatic heterocycles. The van der Waals surface area contributed by atoms with Gasteiger partial charge in [0.2, 0.25) is 11.8 Å². The summed E-state index contributed by atoms with van der Waals surface area (Å²) in [5, 5.41) is 5.83. The molecular formula is C20H29N3O4S. The minimum Gasteiger partial charge on any atom is -0.493 e. The van der Waals surface area contributed by atoms with Crippen molar-refractivity contribution < 1.29 is 19.1 Å². The van der Waals surface area contributed by atoms with E-state index in [2.05, 4.69) is 29.5 Å². The highest BCUT2D eigenvalue weighted by atomic mass is 32.2. The van der Waals surface area contributed by atoms with Gasteiger partial charge < -0.3 is 20.1 Å². The van der Waals surface area contributed by atoms with Crippen LogP contribution in [0.2, 0.25) is 0 Å². The molecule has 154 valence electrons. The highest BCUT2D eigenvalue weighted by molar-refractivity contribution is 8.15. The minimum atomic E-state index is -0.418. The number of rotatable bonds is 10. The first-order valence-electron chi connectivity index (χ1n) is 9.42. The second-order valence-corrected chi connectivity index (χ2v) is 8.15. The lowest BCUT2D eigenvalue weighted by atomic mass is 10.1. The van der Waals surface area contributed by atoms with Crippen LogP contribution < -0.4 is 20.1 Å². The number of hydrogen-bond acceptors (Lipinski definition) is 6. The summed E-state index contributed by atoms with van der Waals surface area (Å²) in [4.78, 5) is 28.6. The van der Waals surface area contributed by atoms with Crippen molar-refractivity contribution >= 4 is 28.7 Å². The van der Waals surface area contributed by atoms with E-state index in [0.717, 1.165) is 12.0 Å². The van der Waals surface area contributed by atoms with Crippen molar-refractivity contribution in [2.75, 3.05) is 27.3 Å². The van der Waals surface area contributed by atoms with Crippen LogP contribution in [0.4, 0.5) is 0 Å². The molecule has 0 aliphatic carbocycles. The fourth-order valence-electron chi connectivity index (χ4n) is 2.66. The van der Waals surface area contributed by atoms with Gasteiger partial charge in [0.15, 0.2) is 16.7 Å². The Balaban J connectivity index is 1.76. The molecule has 0 unspecified atom stereocenters. The molecule has 7 nitrogen and oxygen atoms in total. The van der Waals surface area contributed by atoms with Crippen LogP contribution in [0.1, 0.15) is 32.3 Å². The molecule has 2 N–H and O–H groups in total. The molecule has 1 fully saturated rings. The van der Waals surface area contributed by atoms with Gasteiger partial charge in [-0.2, -0.15) is 0 Å². The second-order valence-electron chi connectivity index (χ2n) is 6.96. The quantitative estimate of drug-likeness (QED) is 0.622. The second kappa shape index (κ2) is 10.9. The van der Waals surface area contributed by atoms with Crippen LogP contribution in [0.15, 0.2) is 23.2 Å². The maximum atomic E-state index is 12.2. The monoisotopic (exact) mass is 407 g/mol. The van der Waals surface area contributed by atoms with E-state index in [1.54, 1.807) is 14.2 Å². The Morgan fingerprint density at radius 3 is 2.71 bits per heavy atom. The summed E-state index contributed by atoms with van der Waals surface area (Å²) in [6, 6.07) is 5.68. The van der Waals surface area contributed by atoms with Crippen molar-refractivity contribution in [2.24, 2.45) is 10.9 Å². The first-order chi connectivity index (χ1) is 13.4. The predicted molar refractivity (Wildman–Crippen MR) is 112 cm³/mol. The molecule has 2 amide bonds. The third-order valence-corrected chi connectivity index (χ3v) is 5.41. The summed E-state index contributed by atoms with van der Waals surface area (Å²) >= 11 is 1.34. The third kappa shape index (κ3) is 6.74. The van der Waals surface area contributed by atoms with Crippen molar-refractivity contribution in [1.82, 2.24) is 10.6 Å². The molecule has 1 aromatic carbocycles. The molecule has 1 heterocycles. The van der Waals surface area contributed by atoms with E-state index < -0.39 is 5.25 Å². The summed E-state index contributed by atoms with van der Waals surface area (Å²) in [5.74, 6) is 1.61. The lowest BCUT2D eigenvalue weighted by Crippen LogP contribution is -2.32. The van der Waals surface area contributed by atoms with Crippen LogP contribution in [0.3, 0.4) is 0 Å². The zero-order chi connectivity index (χ0) is 20.5. The summed E-state index contributed by atoms with van der Waals surface area (Å²) in [7, 11) is 3.18. The predicted octanol–water partition coefficient (Wildman–Crippen LogP) is 2.39. The Morgan fingerprint density at radius 2 is 2.04 bits per heavy atom. The van der Waals surface area contributed by atoms with Crippen LogP contribution >= 0.6 is 11.8 Å². The van der Waals surface area contributed by atoms with Gasteiger partial charge >= 0.3 is 0 Å². The Bertz CT molecular complexity index is 721. The average molecular weight is 408 g/mol. The van der Waals surface area contributed by atoms with Gasteiger partial charge in [0.1, 0.15) is 5.25 Å². The minimum absolute atomic E-state index is 0.142. The number of methoxy groups -OCH3 is 2. The molecule has 1 saturated heterocycles. The van der Waals surface area contributed by atoms with Gasteiger partial charge in [-0.3, -0.25) is 14.6 Å². The van der Waals surface area contributed by atoms with Gasteiger partial charge in [0.25, 0.3) is 0 Å². The number of ether oxygens (including phenoxy) is 2. The summed E-state index contributed by atoms with van der Waals surface area (Å²) in [6.07, 6.45) is 1.78. The molecule has 0 saturated carbocycles. The lowest BCUT2D eigenvalue weighted by Gasteiger charge is -2.10. The summed E-state index contributed by atoms with van der Waals surface area (Å²) < 4.78 is 10.5. The molecule has 0 aromatic heterocycles. The molecular weight excluding hydrogens is 378 g/mol. The van der Waals surface area contributed by atoms with E-state index in [9.17, 15) is 9.59 Å². The number of amides is 2. The molecule has 0 bridgehead atoms. The number of nitrogens with zero attached hydrogens (tertiary/aromatic N) is 1. The molecule has 8 heteroatoms. The van der Waals surface area contributed by atoms with Crippen molar-refractivity contribution in [3.63, 3.8) is 0 Å². The molecule has 1 aromatic rings. The Morgan fingerprint density at radius 1 is 1.29 bits per heavy atom. The summed E-state index contributed by atoms with van der Waals surface area (Å²) in [5.41, 5.74) is 1.03. The zero-order valence-electron chi connectivity index (χ0n) is 16.9. The molecule has 2 rings (SSSR count). The summed E-state index contributed by atoms with van der Waals surface area (Å²) in [6.45, 7) is 5.44. The van der Waals surface area contributed by atoms with Crippen LogP contribution in [0, 0.1) is 5.92 Å². The molecule has 1 atom stereocenters. The van der Waals surface area contributed by atoms with E-state index in [4.69, 9.17) is 9.47 Å². The highest BCUT2D eigenvalue weighted by Gasteiger charge is 2.31. The topological polar surface area (TPSA) is 89.0 Å². The van der Waals surface area contributed by atoms with Gasteiger partial charge in [-0.05, 0) is 36.5 Å². The van der Waals surface area contributed by atoms with Crippen molar-refractivity contribution in [2.45, 2.75) is 38.4 Å². The Hall–Kier alpha value is -2.22. The molecule has 28 heavy (non-hydrogen) atoms. The Labute approximate surface area is 170 Å². The third-order valence-electron chi connectivity index (χ3n) is 4.29. The lowest BCUT2D eigenvalue weighted by molar-refractivity contribution is -0.125. The smallest absolute Gasteiger partial charge is 0.240 e. The Kier molecular flexibility index (Phi) is 8.63. The van der Waals surface area contributed by atoms with Crippen molar-refractivity contribution in [1.29, 1.82) is 0 Å². The number of carbonyl (C=O) groups excluding carboxylic acids is 2. The van der Waals surface area contributed by atoms with Crippen LogP contribution in [0.5, 0.6) is 11.5 Å². The largest absolute Gasteiger partial charge is 0.493 e. The van der Waals surface area contributed by atoms with Crippen LogP contribution in [-0.4, -0.2) is 49.5 Å². The average Bonchev–Trinajstić information content (AvgIpc) is 3.00. The fourth-order valence-corrected chi connectivity index (χ4v) is 3.66. The van der Waals surface area contributed by atoms with E-state index in [-0.39, 0.29) is 18.2 Å². The number of carbonyl (C=O) groups is 2. The first kappa shape index (κ1) is 22.1.